The van der Waals surface area contributed by atoms with Crippen LogP contribution in [-0.2, 0) is 16.4 Å². The second-order valence-corrected chi connectivity index (χ2v) is 6.27. The lowest BCUT2D eigenvalue weighted by Crippen LogP contribution is -2.27. The number of benzene rings is 1. The molecule has 5 heteroatoms. The number of aromatic hydroxyl groups is 1. The molecule has 0 aromatic heterocycles. The molecule has 0 atom stereocenters. The molecule has 1 rings (SSSR count). The highest BCUT2D eigenvalue weighted by molar-refractivity contribution is 7.89. The molecule has 0 saturated carbocycles. The number of phenolic OH excluding ortho intramolecular Hbond substituents is 1. The zero-order chi connectivity index (χ0) is 13.4. The smallest absolute Gasteiger partial charge is 0.211 e. The van der Waals surface area contributed by atoms with E-state index >= 15 is 0 Å². The van der Waals surface area contributed by atoms with E-state index in [1.165, 1.54) is 0 Å². The summed E-state index contributed by atoms with van der Waals surface area (Å²) in [5.74, 6) is 0.450. The summed E-state index contributed by atoms with van der Waals surface area (Å²) in [6.07, 6.45) is 3.06. The number of hydrogen-bond donors (Lipinski definition) is 2. The van der Waals surface area contributed by atoms with Gasteiger partial charge < -0.3 is 5.11 Å². The van der Waals surface area contributed by atoms with Crippen LogP contribution in [0.3, 0.4) is 0 Å². The van der Waals surface area contributed by atoms with Crippen molar-refractivity contribution in [2.24, 2.45) is 0 Å². The van der Waals surface area contributed by atoms with Crippen LogP contribution in [0.1, 0.15) is 31.7 Å². The molecule has 1 aromatic carbocycles. The maximum Gasteiger partial charge on any atom is 0.211 e. The standard InChI is InChI=1S/C13H21NO3S/c1-2-3-10-18(16,17)14-9-5-7-12-6-4-8-13(15)11-12/h4,6,8,11,14-15H,2-3,5,7,9-10H2,1H3. The highest BCUT2D eigenvalue weighted by Gasteiger charge is 2.07. The summed E-state index contributed by atoms with van der Waals surface area (Å²) in [4.78, 5) is 0. The molecule has 0 unspecified atom stereocenters. The van der Waals surface area contributed by atoms with Crippen LogP contribution in [0, 0.1) is 0 Å². The molecule has 0 aliphatic carbocycles. The Hall–Kier alpha value is -1.07. The number of rotatable bonds is 8. The van der Waals surface area contributed by atoms with Crippen molar-refractivity contribution in [3.63, 3.8) is 0 Å². The van der Waals surface area contributed by atoms with Crippen LogP contribution in [0.4, 0.5) is 0 Å². The first-order valence-electron chi connectivity index (χ1n) is 6.29. The molecule has 2 N–H and O–H groups in total. The molecule has 0 amide bonds. The molecule has 0 fully saturated rings. The van der Waals surface area contributed by atoms with Gasteiger partial charge in [0.25, 0.3) is 0 Å². The molecule has 0 aliphatic rings. The highest BCUT2D eigenvalue weighted by Crippen LogP contribution is 2.12. The normalized spacial score (nSPS) is 11.6. The van der Waals surface area contributed by atoms with Gasteiger partial charge in [-0.25, -0.2) is 13.1 Å². The Bertz CT molecular complexity index is 457. The summed E-state index contributed by atoms with van der Waals surface area (Å²) in [5.41, 5.74) is 1.02. The molecule has 0 bridgehead atoms. The molecular weight excluding hydrogens is 250 g/mol. The third-order valence-electron chi connectivity index (χ3n) is 2.64. The topological polar surface area (TPSA) is 66.4 Å². The third-order valence-corrected chi connectivity index (χ3v) is 4.11. The molecule has 4 nitrogen and oxygen atoms in total. The van der Waals surface area contributed by atoms with Gasteiger partial charge in [0.15, 0.2) is 0 Å². The second-order valence-electron chi connectivity index (χ2n) is 4.34. The first kappa shape index (κ1) is 15.0. The van der Waals surface area contributed by atoms with Crippen molar-refractivity contribution in [2.45, 2.75) is 32.6 Å². The van der Waals surface area contributed by atoms with E-state index in [1.54, 1.807) is 18.2 Å². The van der Waals surface area contributed by atoms with Crippen LogP contribution in [0.25, 0.3) is 0 Å². The molecule has 0 radical (unpaired) electrons. The number of hydrogen-bond acceptors (Lipinski definition) is 3. The monoisotopic (exact) mass is 271 g/mol. The maximum absolute atomic E-state index is 11.5. The minimum atomic E-state index is -3.11. The molecule has 1 aromatic rings. The fourth-order valence-corrected chi connectivity index (χ4v) is 2.91. The molecule has 18 heavy (non-hydrogen) atoms. The average Bonchev–Trinajstić information content (AvgIpc) is 2.32. The maximum atomic E-state index is 11.5. The summed E-state index contributed by atoms with van der Waals surface area (Å²) in [6, 6.07) is 7.03. The lowest BCUT2D eigenvalue weighted by molar-refractivity contribution is 0.474. The van der Waals surface area contributed by atoms with E-state index in [9.17, 15) is 13.5 Å². The van der Waals surface area contributed by atoms with Crippen molar-refractivity contribution in [2.75, 3.05) is 12.3 Å². The number of aryl methyl sites for hydroxylation is 1. The molecule has 0 aliphatic heterocycles. The Morgan fingerprint density at radius 2 is 2.06 bits per heavy atom. The Kier molecular flexibility index (Phi) is 6.15. The molecule has 0 spiro atoms. The van der Waals surface area contributed by atoms with Crippen LogP contribution in [0.5, 0.6) is 5.75 Å². The fraction of sp³-hybridized carbons (Fsp3) is 0.538. The third kappa shape index (κ3) is 6.02. The van der Waals surface area contributed by atoms with Gasteiger partial charge in [0.2, 0.25) is 10.0 Å². The van der Waals surface area contributed by atoms with Gasteiger partial charge in [-0.2, -0.15) is 0 Å². The first-order chi connectivity index (χ1) is 8.53. The molecule has 102 valence electrons. The average molecular weight is 271 g/mol. The van der Waals surface area contributed by atoms with Crippen LogP contribution >= 0.6 is 0 Å². The Labute approximate surface area is 109 Å². The van der Waals surface area contributed by atoms with Crippen LogP contribution in [-0.4, -0.2) is 25.8 Å². The Morgan fingerprint density at radius 3 is 2.72 bits per heavy atom. The van der Waals surface area contributed by atoms with Gasteiger partial charge >= 0.3 is 0 Å². The summed E-state index contributed by atoms with van der Waals surface area (Å²) in [6.45, 7) is 2.42. The second kappa shape index (κ2) is 7.38. The van der Waals surface area contributed by atoms with Gasteiger partial charge in [0, 0.05) is 6.54 Å². The zero-order valence-electron chi connectivity index (χ0n) is 10.7. The Balaban J connectivity index is 2.26. The summed E-state index contributed by atoms with van der Waals surface area (Å²) < 4.78 is 25.6. The lowest BCUT2D eigenvalue weighted by atomic mass is 10.1. The van der Waals surface area contributed by atoms with Gasteiger partial charge in [-0.3, -0.25) is 0 Å². The van der Waals surface area contributed by atoms with Crippen molar-refractivity contribution in [3.8, 4) is 5.75 Å². The molecule has 0 saturated heterocycles. The van der Waals surface area contributed by atoms with E-state index < -0.39 is 10.0 Å². The lowest BCUT2D eigenvalue weighted by Gasteiger charge is -2.06. The minimum absolute atomic E-state index is 0.204. The fourth-order valence-electron chi connectivity index (χ4n) is 1.64. The zero-order valence-corrected chi connectivity index (χ0v) is 11.5. The summed E-state index contributed by atoms with van der Waals surface area (Å²) in [7, 11) is -3.11. The van der Waals surface area contributed by atoms with Crippen LogP contribution in [0.2, 0.25) is 0 Å². The van der Waals surface area contributed by atoms with Crippen molar-refractivity contribution in [1.29, 1.82) is 0 Å². The number of sulfonamides is 1. The van der Waals surface area contributed by atoms with Crippen molar-refractivity contribution in [1.82, 2.24) is 4.72 Å². The number of unbranched alkanes of at least 4 members (excludes halogenated alkanes) is 1. The van der Waals surface area contributed by atoms with Crippen molar-refractivity contribution < 1.29 is 13.5 Å². The number of phenols is 1. The Morgan fingerprint density at radius 1 is 1.28 bits per heavy atom. The van der Waals surface area contributed by atoms with Gasteiger partial charge in [-0.05, 0) is 37.0 Å². The van der Waals surface area contributed by atoms with Gasteiger partial charge in [-0.1, -0.05) is 25.5 Å². The van der Waals surface area contributed by atoms with E-state index in [0.717, 1.165) is 24.8 Å². The summed E-state index contributed by atoms with van der Waals surface area (Å²) in [5, 5.41) is 9.28. The molecule has 0 heterocycles. The van der Waals surface area contributed by atoms with E-state index in [2.05, 4.69) is 4.72 Å². The van der Waals surface area contributed by atoms with E-state index in [0.29, 0.717) is 13.0 Å². The summed E-state index contributed by atoms with van der Waals surface area (Å²) >= 11 is 0. The van der Waals surface area contributed by atoms with Crippen molar-refractivity contribution in [3.05, 3.63) is 29.8 Å². The van der Waals surface area contributed by atoms with E-state index in [-0.39, 0.29) is 11.5 Å². The largest absolute Gasteiger partial charge is 0.508 e. The van der Waals surface area contributed by atoms with Crippen molar-refractivity contribution >= 4 is 10.0 Å². The van der Waals surface area contributed by atoms with Crippen LogP contribution in [0.15, 0.2) is 24.3 Å². The van der Waals surface area contributed by atoms with E-state index in [1.807, 2.05) is 13.0 Å². The first-order valence-corrected chi connectivity index (χ1v) is 7.94. The predicted octanol–water partition coefficient (Wildman–Crippen LogP) is 2.04. The van der Waals surface area contributed by atoms with Gasteiger partial charge in [-0.15, -0.1) is 0 Å². The number of nitrogens with one attached hydrogen (secondary N) is 1. The van der Waals surface area contributed by atoms with Gasteiger partial charge in [0.1, 0.15) is 5.75 Å². The quantitative estimate of drug-likeness (QED) is 0.711. The SMILES string of the molecule is CCCCS(=O)(=O)NCCCc1cccc(O)c1. The van der Waals surface area contributed by atoms with E-state index in [4.69, 9.17) is 0 Å². The highest BCUT2D eigenvalue weighted by atomic mass is 32.2. The van der Waals surface area contributed by atoms with Gasteiger partial charge in [0.05, 0.1) is 5.75 Å². The van der Waals surface area contributed by atoms with Crippen LogP contribution < -0.4 is 4.72 Å². The molecular formula is C13H21NO3S. The predicted molar refractivity (Wildman–Crippen MR) is 73.1 cm³/mol. The minimum Gasteiger partial charge on any atom is -0.508 e.